The molecule has 0 saturated heterocycles. The summed E-state index contributed by atoms with van der Waals surface area (Å²) in [5.74, 6) is 0.488. The van der Waals surface area contributed by atoms with Crippen LogP contribution in [0.1, 0.15) is 41.3 Å². The van der Waals surface area contributed by atoms with Crippen LogP contribution in [0.15, 0.2) is 95.3 Å². The highest BCUT2D eigenvalue weighted by molar-refractivity contribution is 5.97. The molecule has 1 amide bonds. The molecular weight excluding hydrogens is 450 g/mol. The molecule has 0 radical (unpaired) electrons. The Morgan fingerprint density at radius 1 is 1.19 bits per heavy atom. The van der Waals surface area contributed by atoms with Crippen LogP contribution in [0.3, 0.4) is 0 Å². The summed E-state index contributed by atoms with van der Waals surface area (Å²) in [6.45, 7) is 2.92. The van der Waals surface area contributed by atoms with Gasteiger partial charge in [0, 0.05) is 23.9 Å². The van der Waals surface area contributed by atoms with E-state index in [0.29, 0.717) is 55.0 Å². The number of nitriles is 1. The van der Waals surface area contributed by atoms with E-state index in [1.807, 2.05) is 66.6 Å². The highest BCUT2D eigenvalue weighted by atomic mass is 16.3. The molecule has 7 heteroatoms. The molecule has 2 aliphatic rings. The number of carbonyl (C=O) groups excluding carboxylic acids is 1. The van der Waals surface area contributed by atoms with Crippen LogP contribution in [-0.2, 0) is 6.42 Å². The summed E-state index contributed by atoms with van der Waals surface area (Å²) in [5, 5.41) is 20.6. The number of hydrogen-bond donors (Lipinski definition) is 2. The zero-order chi connectivity index (χ0) is 25.5. The molecule has 7 nitrogen and oxygen atoms in total. The Hall–Kier alpha value is -3.99. The number of allylic oxidation sites excluding steroid dienone is 2. The van der Waals surface area contributed by atoms with Gasteiger partial charge in [-0.2, -0.15) is 5.26 Å². The molecule has 2 aromatic carbocycles. The van der Waals surface area contributed by atoms with Crippen molar-refractivity contribution in [2.24, 2.45) is 10.7 Å². The van der Waals surface area contributed by atoms with E-state index >= 15 is 0 Å². The summed E-state index contributed by atoms with van der Waals surface area (Å²) in [7, 11) is 0. The topological polar surface area (TPSA) is 106 Å². The van der Waals surface area contributed by atoms with E-state index < -0.39 is 6.23 Å². The van der Waals surface area contributed by atoms with Crippen molar-refractivity contribution in [3.05, 3.63) is 107 Å². The molecule has 0 saturated carbocycles. The summed E-state index contributed by atoms with van der Waals surface area (Å²) in [6, 6.07) is 18.4. The summed E-state index contributed by atoms with van der Waals surface area (Å²) >= 11 is 0. The molecule has 184 valence electrons. The second-order valence-corrected chi connectivity index (χ2v) is 8.78. The Bertz CT molecular complexity index is 1240. The average Bonchev–Trinajstić information content (AvgIpc) is 2.93. The van der Waals surface area contributed by atoms with Crippen molar-refractivity contribution in [2.75, 3.05) is 13.1 Å². The number of nitrogens with zero attached hydrogens (tertiary/aromatic N) is 4. The first-order valence-electron chi connectivity index (χ1n) is 12.2. The first-order chi connectivity index (χ1) is 17.6. The molecule has 3 N–H and O–H groups in total. The normalized spacial score (nSPS) is 17.3. The van der Waals surface area contributed by atoms with Crippen LogP contribution in [0.25, 0.3) is 0 Å². The van der Waals surface area contributed by atoms with Gasteiger partial charge in [0.1, 0.15) is 5.84 Å². The quantitative estimate of drug-likeness (QED) is 0.568. The molecule has 0 bridgehead atoms. The van der Waals surface area contributed by atoms with Crippen molar-refractivity contribution in [3.63, 3.8) is 0 Å². The lowest BCUT2D eigenvalue weighted by molar-refractivity contribution is 0.0683. The standard InChI is InChI=1S/C29H31N5O2/c1-2-25(33(18-8-16-30)28(35)23-14-12-22(20-31)13-15-23)27-24(19-21-9-4-3-5-10-21)29(36)34-17-7-6-11-26(34)32-27/h3-7,9-15,17,25,29,36H,2,8,16,18-19,30H2,1H3. The molecule has 0 aromatic heterocycles. The predicted octanol–water partition coefficient (Wildman–Crippen LogP) is 3.74. The molecule has 2 atom stereocenters. The SMILES string of the molecule is CCC(C1=C(Cc2ccccc2)C(O)N2C=CC=CC2=N1)N(CCCN)C(=O)c1ccc(C#N)cc1. The summed E-state index contributed by atoms with van der Waals surface area (Å²) < 4.78 is 0. The average molecular weight is 482 g/mol. The van der Waals surface area contributed by atoms with Gasteiger partial charge >= 0.3 is 0 Å². The lowest BCUT2D eigenvalue weighted by Crippen LogP contribution is -2.47. The molecule has 2 unspecified atom stereocenters. The Morgan fingerprint density at radius 2 is 1.94 bits per heavy atom. The van der Waals surface area contributed by atoms with Gasteiger partial charge in [0.25, 0.3) is 5.91 Å². The molecule has 2 aliphatic heterocycles. The number of hydrogen-bond acceptors (Lipinski definition) is 6. The van der Waals surface area contributed by atoms with Gasteiger partial charge in [-0.15, -0.1) is 0 Å². The van der Waals surface area contributed by atoms with Gasteiger partial charge in [0.15, 0.2) is 6.23 Å². The third kappa shape index (κ3) is 5.30. The van der Waals surface area contributed by atoms with Gasteiger partial charge in [-0.25, -0.2) is 4.99 Å². The van der Waals surface area contributed by atoms with Crippen molar-refractivity contribution < 1.29 is 9.90 Å². The van der Waals surface area contributed by atoms with Gasteiger partial charge < -0.3 is 20.6 Å². The number of carbonyl (C=O) groups is 1. The minimum atomic E-state index is -0.899. The monoisotopic (exact) mass is 481 g/mol. The fraction of sp³-hybridized carbons (Fsp3) is 0.276. The molecule has 36 heavy (non-hydrogen) atoms. The largest absolute Gasteiger partial charge is 0.369 e. The second kappa shape index (κ2) is 11.6. The van der Waals surface area contributed by atoms with Crippen LogP contribution >= 0.6 is 0 Å². The minimum absolute atomic E-state index is 0.150. The van der Waals surface area contributed by atoms with E-state index in [4.69, 9.17) is 16.0 Å². The predicted molar refractivity (Wildman–Crippen MR) is 141 cm³/mol. The fourth-order valence-electron chi connectivity index (χ4n) is 4.60. The molecule has 0 fully saturated rings. The Morgan fingerprint density at radius 3 is 2.61 bits per heavy atom. The molecule has 4 rings (SSSR count). The van der Waals surface area contributed by atoms with Crippen LogP contribution in [-0.4, -0.2) is 52.0 Å². The number of rotatable bonds is 9. The van der Waals surface area contributed by atoms with E-state index in [1.54, 1.807) is 29.2 Å². The van der Waals surface area contributed by atoms with Crippen LogP contribution in [0.5, 0.6) is 0 Å². The Kier molecular flexibility index (Phi) is 8.11. The summed E-state index contributed by atoms with van der Waals surface area (Å²) in [6.07, 6.45) is 8.29. The van der Waals surface area contributed by atoms with Crippen LogP contribution in [0.2, 0.25) is 0 Å². The number of aliphatic imine (C=N–C) groups is 1. The van der Waals surface area contributed by atoms with Gasteiger partial charge in [0.2, 0.25) is 0 Å². The third-order valence-corrected chi connectivity index (χ3v) is 6.45. The first-order valence-corrected chi connectivity index (χ1v) is 12.2. The van der Waals surface area contributed by atoms with Crippen molar-refractivity contribution in [1.29, 1.82) is 5.26 Å². The lowest BCUT2D eigenvalue weighted by Gasteiger charge is -2.39. The maximum atomic E-state index is 13.8. The minimum Gasteiger partial charge on any atom is -0.369 e. The summed E-state index contributed by atoms with van der Waals surface area (Å²) in [5.41, 5.74) is 9.37. The molecule has 2 aromatic rings. The number of aliphatic hydroxyl groups is 1. The van der Waals surface area contributed by atoms with Crippen LogP contribution in [0.4, 0.5) is 0 Å². The number of benzene rings is 2. The maximum Gasteiger partial charge on any atom is 0.254 e. The van der Waals surface area contributed by atoms with Gasteiger partial charge in [-0.3, -0.25) is 4.79 Å². The van der Waals surface area contributed by atoms with Crippen molar-refractivity contribution in [3.8, 4) is 6.07 Å². The fourth-order valence-corrected chi connectivity index (χ4v) is 4.60. The number of amides is 1. The zero-order valence-corrected chi connectivity index (χ0v) is 20.4. The van der Waals surface area contributed by atoms with Crippen molar-refractivity contribution in [2.45, 2.75) is 38.5 Å². The van der Waals surface area contributed by atoms with E-state index in [0.717, 1.165) is 11.1 Å². The van der Waals surface area contributed by atoms with Crippen LogP contribution in [0, 0.1) is 11.3 Å². The highest BCUT2D eigenvalue weighted by Crippen LogP contribution is 2.32. The molecule has 2 heterocycles. The second-order valence-electron chi connectivity index (χ2n) is 8.78. The van der Waals surface area contributed by atoms with Gasteiger partial charge in [-0.1, -0.05) is 43.3 Å². The van der Waals surface area contributed by atoms with Gasteiger partial charge in [-0.05, 0) is 67.8 Å². The van der Waals surface area contributed by atoms with Gasteiger partial charge in [0.05, 0.1) is 23.4 Å². The van der Waals surface area contributed by atoms with E-state index in [9.17, 15) is 9.90 Å². The number of nitrogens with two attached hydrogens (primary N) is 1. The zero-order valence-electron chi connectivity index (χ0n) is 20.4. The lowest BCUT2D eigenvalue weighted by atomic mass is 9.94. The first kappa shape index (κ1) is 25.1. The van der Waals surface area contributed by atoms with Crippen LogP contribution < -0.4 is 5.73 Å². The van der Waals surface area contributed by atoms with E-state index in [-0.39, 0.29) is 11.9 Å². The molecular formula is C29H31N5O2. The van der Waals surface area contributed by atoms with E-state index in [2.05, 4.69) is 6.07 Å². The number of fused-ring (bicyclic) bond motifs is 1. The third-order valence-electron chi connectivity index (χ3n) is 6.45. The summed E-state index contributed by atoms with van der Waals surface area (Å²) in [4.78, 5) is 22.3. The Labute approximate surface area is 212 Å². The highest BCUT2D eigenvalue weighted by Gasteiger charge is 2.35. The molecule has 0 aliphatic carbocycles. The smallest absolute Gasteiger partial charge is 0.254 e. The molecule has 0 spiro atoms. The van der Waals surface area contributed by atoms with E-state index in [1.165, 1.54) is 0 Å². The van der Waals surface area contributed by atoms with Crippen molar-refractivity contribution in [1.82, 2.24) is 9.80 Å². The number of amidine groups is 1. The van der Waals surface area contributed by atoms with Crippen molar-refractivity contribution >= 4 is 11.7 Å². The number of aliphatic hydroxyl groups excluding tert-OH is 1. The Balaban J connectivity index is 1.79. The maximum absolute atomic E-state index is 13.8.